The normalized spacial score (nSPS) is 9.70. The molecule has 96 valence electrons. The zero-order valence-electron chi connectivity index (χ0n) is 10.5. The molecule has 2 aromatic rings. The molecule has 0 bridgehead atoms. The van der Waals surface area contributed by atoms with E-state index in [9.17, 15) is 0 Å². The summed E-state index contributed by atoms with van der Waals surface area (Å²) in [5.74, 6) is 0.993. The predicted molar refractivity (Wildman–Crippen MR) is 74.3 cm³/mol. The second kappa shape index (κ2) is 6.63. The molecule has 0 saturated carbocycles. The molecule has 20 heavy (non-hydrogen) atoms. The lowest BCUT2D eigenvalue weighted by atomic mass is 10.1. The fourth-order valence-corrected chi connectivity index (χ4v) is 1.66. The third-order valence-corrected chi connectivity index (χ3v) is 2.51. The molecule has 2 aromatic carbocycles. The van der Waals surface area contributed by atoms with Gasteiger partial charge in [0.2, 0.25) is 0 Å². The van der Waals surface area contributed by atoms with E-state index in [4.69, 9.17) is 20.0 Å². The van der Waals surface area contributed by atoms with Gasteiger partial charge in [-0.05, 0) is 35.4 Å². The zero-order chi connectivity index (χ0) is 14.2. The van der Waals surface area contributed by atoms with Crippen molar-refractivity contribution in [3.05, 3.63) is 59.7 Å². The molecule has 2 rings (SSSR count). The van der Waals surface area contributed by atoms with Gasteiger partial charge in [0, 0.05) is 0 Å². The molecular weight excluding hydrogens is 252 g/mol. The van der Waals surface area contributed by atoms with Crippen molar-refractivity contribution in [3.63, 3.8) is 0 Å². The SMILES string of the molecule is N#COc1cccc(C=Cc2cccc(OC#N)c2)c1. The van der Waals surface area contributed by atoms with Gasteiger partial charge in [0.05, 0.1) is 0 Å². The summed E-state index contributed by atoms with van der Waals surface area (Å²) < 4.78 is 9.53. The summed E-state index contributed by atoms with van der Waals surface area (Å²) in [6.45, 7) is 0. The van der Waals surface area contributed by atoms with Crippen LogP contribution in [0.25, 0.3) is 12.2 Å². The highest BCUT2D eigenvalue weighted by Gasteiger charge is 1.96. The van der Waals surface area contributed by atoms with Crippen LogP contribution in [0.3, 0.4) is 0 Å². The quantitative estimate of drug-likeness (QED) is 0.624. The van der Waals surface area contributed by atoms with Crippen molar-refractivity contribution in [3.8, 4) is 24.0 Å². The fourth-order valence-electron chi connectivity index (χ4n) is 1.66. The van der Waals surface area contributed by atoms with Crippen molar-refractivity contribution in [2.24, 2.45) is 0 Å². The van der Waals surface area contributed by atoms with E-state index in [-0.39, 0.29) is 0 Å². The minimum absolute atomic E-state index is 0.496. The Morgan fingerprint density at radius 2 is 1.20 bits per heavy atom. The first-order valence-corrected chi connectivity index (χ1v) is 5.82. The topological polar surface area (TPSA) is 66.0 Å². The van der Waals surface area contributed by atoms with Crippen molar-refractivity contribution >= 4 is 12.2 Å². The highest BCUT2D eigenvalue weighted by atomic mass is 16.5. The van der Waals surface area contributed by atoms with Crippen LogP contribution >= 0.6 is 0 Å². The summed E-state index contributed by atoms with van der Waals surface area (Å²) >= 11 is 0. The van der Waals surface area contributed by atoms with Crippen LogP contribution in [0.2, 0.25) is 0 Å². The molecule has 0 aliphatic rings. The fraction of sp³-hybridized carbons (Fsp3) is 0. The van der Waals surface area contributed by atoms with Crippen LogP contribution in [0.5, 0.6) is 11.5 Å². The third-order valence-electron chi connectivity index (χ3n) is 2.51. The molecule has 0 aliphatic heterocycles. The minimum Gasteiger partial charge on any atom is -0.388 e. The van der Waals surface area contributed by atoms with Crippen LogP contribution in [-0.2, 0) is 0 Å². The molecule has 0 aromatic heterocycles. The van der Waals surface area contributed by atoms with E-state index in [1.165, 1.54) is 0 Å². The molecule has 0 atom stereocenters. The second-order valence-corrected chi connectivity index (χ2v) is 3.87. The van der Waals surface area contributed by atoms with Gasteiger partial charge in [-0.15, -0.1) is 10.5 Å². The highest BCUT2D eigenvalue weighted by molar-refractivity contribution is 5.70. The summed E-state index contributed by atoms with van der Waals surface area (Å²) in [6, 6.07) is 14.4. The Morgan fingerprint density at radius 1 is 0.750 bits per heavy atom. The smallest absolute Gasteiger partial charge is 0.292 e. The van der Waals surface area contributed by atoms with E-state index >= 15 is 0 Å². The van der Waals surface area contributed by atoms with Crippen molar-refractivity contribution in [1.82, 2.24) is 0 Å². The number of benzene rings is 2. The van der Waals surface area contributed by atoms with Gasteiger partial charge in [-0.2, -0.15) is 0 Å². The summed E-state index contributed by atoms with van der Waals surface area (Å²) in [6.07, 6.45) is 7.04. The highest BCUT2D eigenvalue weighted by Crippen LogP contribution is 2.18. The molecule has 4 heteroatoms. The van der Waals surface area contributed by atoms with Gasteiger partial charge >= 0.3 is 0 Å². The molecule has 0 aliphatic carbocycles. The molecule has 0 spiro atoms. The van der Waals surface area contributed by atoms with Gasteiger partial charge in [-0.25, -0.2) is 0 Å². The standard InChI is InChI=1S/C16H10N2O2/c17-11-19-15-5-1-3-13(9-15)7-8-14-4-2-6-16(10-14)20-12-18/h1-10H. The monoisotopic (exact) mass is 262 g/mol. The largest absolute Gasteiger partial charge is 0.388 e. The molecule has 0 saturated heterocycles. The molecule has 0 amide bonds. The molecule has 0 radical (unpaired) electrons. The van der Waals surface area contributed by atoms with Crippen LogP contribution < -0.4 is 9.47 Å². The first-order chi connectivity index (χ1) is 9.81. The van der Waals surface area contributed by atoms with Gasteiger partial charge in [-0.1, -0.05) is 36.4 Å². The van der Waals surface area contributed by atoms with Crippen molar-refractivity contribution in [1.29, 1.82) is 10.5 Å². The van der Waals surface area contributed by atoms with Gasteiger partial charge in [0.1, 0.15) is 11.5 Å². The van der Waals surface area contributed by atoms with Crippen molar-refractivity contribution in [2.45, 2.75) is 0 Å². The summed E-state index contributed by atoms with van der Waals surface area (Å²) in [5, 5.41) is 16.9. The number of ether oxygens (including phenoxy) is 2. The first kappa shape index (κ1) is 13.2. The van der Waals surface area contributed by atoms with Gasteiger partial charge in [-0.3, -0.25) is 0 Å². The maximum atomic E-state index is 8.47. The zero-order valence-corrected chi connectivity index (χ0v) is 10.5. The molecule has 0 unspecified atom stereocenters. The van der Waals surface area contributed by atoms with Crippen molar-refractivity contribution in [2.75, 3.05) is 0 Å². The maximum Gasteiger partial charge on any atom is 0.292 e. The molecular formula is C16H10N2O2. The molecule has 0 fully saturated rings. The van der Waals surface area contributed by atoms with Crippen LogP contribution in [0.15, 0.2) is 48.5 Å². The van der Waals surface area contributed by atoms with Crippen LogP contribution in [0.1, 0.15) is 11.1 Å². The van der Waals surface area contributed by atoms with Crippen molar-refractivity contribution < 1.29 is 9.47 Å². The average Bonchev–Trinajstić information content (AvgIpc) is 2.47. The van der Waals surface area contributed by atoms with E-state index < -0.39 is 0 Å². The average molecular weight is 262 g/mol. The Morgan fingerprint density at radius 3 is 1.60 bits per heavy atom. The van der Waals surface area contributed by atoms with Gasteiger partial charge < -0.3 is 9.47 Å². The van der Waals surface area contributed by atoms with Gasteiger partial charge in [0.15, 0.2) is 0 Å². The molecule has 0 heterocycles. The number of nitrogens with zero attached hydrogens (tertiary/aromatic N) is 2. The Bertz CT molecular complexity index is 647. The third kappa shape index (κ3) is 3.63. The number of rotatable bonds is 4. The summed E-state index contributed by atoms with van der Waals surface area (Å²) in [4.78, 5) is 0. The maximum absolute atomic E-state index is 8.47. The molecule has 0 N–H and O–H groups in total. The Balaban J connectivity index is 2.17. The Hall–Kier alpha value is -3.24. The first-order valence-electron chi connectivity index (χ1n) is 5.82. The Kier molecular flexibility index (Phi) is 4.37. The van der Waals surface area contributed by atoms with Crippen LogP contribution in [-0.4, -0.2) is 0 Å². The van der Waals surface area contributed by atoms with E-state index in [1.807, 2.05) is 36.4 Å². The summed E-state index contributed by atoms with van der Waals surface area (Å²) in [5.41, 5.74) is 1.81. The molecule has 4 nitrogen and oxygen atoms in total. The lowest BCUT2D eigenvalue weighted by molar-refractivity contribution is 0.506. The number of hydrogen-bond donors (Lipinski definition) is 0. The van der Waals surface area contributed by atoms with Gasteiger partial charge in [0.25, 0.3) is 12.5 Å². The van der Waals surface area contributed by atoms with E-state index in [0.717, 1.165) is 11.1 Å². The predicted octanol–water partition coefficient (Wildman–Crippen LogP) is 3.58. The van der Waals surface area contributed by atoms with E-state index in [2.05, 4.69) is 0 Å². The summed E-state index contributed by atoms with van der Waals surface area (Å²) in [7, 11) is 0. The lowest BCUT2D eigenvalue weighted by Crippen LogP contribution is -1.83. The second-order valence-electron chi connectivity index (χ2n) is 3.87. The number of hydrogen-bond acceptors (Lipinski definition) is 4. The van der Waals surface area contributed by atoms with E-state index in [0.29, 0.717) is 11.5 Å². The lowest BCUT2D eigenvalue weighted by Gasteiger charge is -1.99. The van der Waals surface area contributed by atoms with E-state index in [1.54, 1.807) is 36.8 Å². The number of nitriles is 2. The van der Waals surface area contributed by atoms with Crippen LogP contribution in [0, 0.1) is 23.0 Å². The Labute approximate surface area is 116 Å². The van der Waals surface area contributed by atoms with Crippen LogP contribution in [0.4, 0.5) is 0 Å². The minimum atomic E-state index is 0.496.